The lowest BCUT2D eigenvalue weighted by molar-refractivity contribution is 0.340. The fourth-order valence-corrected chi connectivity index (χ4v) is 2.70. The summed E-state index contributed by atoms with van der Waals surface area (Å²) in [6.07, 6.45) is 8.72. The zero-order chi connectivity index (χ0) is 11.1. The van der Waals surface area contributed by atoms with Crippen molar-refractivity contribution in [3.05, 3.63) is 0 Å². The Hall–Kier alpha value is -0.130. The summed E-state index contributed by atoms with van der Waals surface area (Å²) in [5.41, 5.74) is 0. The SMILES string of the molecule is O=S(=O)(O)N1CCCCCCCCCC1. The maximum atomic E-state index is 11.0. The topological polar surface area (TPSA) is 57.6 Å². The molecule has 15 heavy (non-hydrogen) atoms. The molecule has 0 aromatic rings. The standard InChI is InChI=1S/C10H21NO3S/c12-15(13,14)11-9-7-5-3-1-2-4-6-8-10-11/h1-10H2,(H,12,13,14). The molecule has 1 fully saturated rings. The minimum atomic E-state index is -3.97. The second kappa shape index (κ2) is 6.45. The highest BCUT2D eigenvalue weighted by Gasteiger charge is 2.17. The van der Waals surface area contributed by atoms with Crippen LogP contribution in [0.2, 0.25) is 0 Å². The van der Waals surface area contributed by atoms with Gasteiger partial charge in [-0.1, -0.05) is 38.5 Å². The van der Waals surface area contributed by atoms with E-state index in [1.807, 2.05) is 0 Å². The van der Waals surface area contributed by atoms with Crippen LogP contribution in [0.5, 0.6) is 0 Å². The van der Waals surface area contributed by atoms with Crippen LogP contribution >= 0.6 is 0 Å². The van der Waals surface area contributed by atoms with Crippen molar-refractivity contribution in [1.82, 2.24) is 4.31 Å². The molecule has 1 aliphatic heterocycles. The molecule has 1 aliphatic rings. The molecule has 0 aliphatic carbocycles. The molecular weight excluding hydrogens is 214 g/mol. The summed E-state index contributed by atoms with van der Waals surface area (Å²) in [6, 6.07) is 0. The second-order valence-electron chi connectivity index (χ2n) is 4.21. The van der Waals surface area contributed by atoms with E-state index in [0.29, 0.717) is 13.1 Å². The summed E-state index contributed by atoms with van der Waals surface area (Å²) in [5.74, 6) is 0. The minimum absolute atomic E-state index is 0.471. The first-order valence-corrected chi connectivity index (χ1v) is 7.23. The molecule has 5 heteroatoms. The molecule has 4 nitrogen and oxygen atoms in total. The van der Waals surface area contributed by atoms with Crippen molar-refractivity contribution in [2.45, 2.75) is 51.4 Å². The molecule has 0 unspecified atom stereocenters. The molecule has 0 radical (unpaired) electrons. The highest BCUT2D eigenvalue weighted by atomic mass is 32.2. The van der Waals surface area contributed by atoms with E-state index in [4.69, 9.17) is 4.55 Å². The Morgan fingerprint density at radius 1 is 0.733 bits per heavy atom. The largest absolute Gasteiger partial charge is 0.335 e. The van der Waals surface area contributed by atoms with Crippen LogP contribution in [0.15, 0.2) is 0 Å². The van der Waals surface area contributed by atoms with Gasteiger partial charge in [0, 0.05) is 13.1 Å². The van der Waals surface area contributed by atoms with Gasteiger partial charge in [0.05, 0.1) is 0 Å². The van der Waals surface area contributed by atoms with Crippen molar-refractivity contribution in [2.75, 3.05) is 13.1 Å². The van der Waals surface area contributed by atoms with Crippen LogP contribution in [0.1, 0.15) is 51.4 Å². The highest BCUT2D eigenvalue weighted by Crippen LogP contribution is 2.13. The van der Waals surface area contributed by atoms with Crippen LogP contribution in [0, 0.1) is 0 Å². The van der Waals surface area contributed by atoms with Crippen molar-refractivity contribution < 1.29 is 13.0 Å². The van der Waals surface area contributed by atoms with Crippen molar-refractivity contribution >= 4 is 10.3 Å². The number of hydrogen-bond acceptors (Lipinski definition) is 2. The smallest absolute Gasteiger partial charge is 0.273 e. The lowest BCUT2D eigenvalue weighted by Gasteiger charge is -2.17. The molecule has 0 atom stereocenters. The van der Waals surface area contributed by atoms with Gasteiger partial charge in [-0.05, 0) is 12.8 Å². The number of rotatable bonds is 1. The molecule has 0 amide bonds. The molecule has 0 aromatic carbocycles. The predicted octanol–water partition coefficient (Wildman–Crippen LogP) is 2.23. The summed E-state index contributed by atoms with van der Waals surface area (Å²) in [5, 5.41) is 0. The normalized spacial score (nSPS) is 23.3. The van der Waals surface area contributed by atoms with Gasteiger partial charge in [-0.3, -0.25) is 4.55 Å². The fourth-order valence-electron chi connectivity index (χ4n) is 1.98. The predicted molar refractivity (Wildman–Crippen MR) is 60.1 cm³/mol. The van der Waals surface area contributed by atoms with Crippen molar-refractivity contribution in [2.24, 2.45) is 0 Å². The average Bonchev–Trinajstić information content (AvgIpc) is 2.20. The van der Waals surface area contributed by atoms with E-state index in [-0.39, 0.29) is 0 Å². The molecule has 1 heterocycles. The van der Waals surface area contributed by atoms with Crippen LogP contribution in [0.3, 0.4) is 0 Å². The van der Waals surface area contributed by atoms with E-state index in [1.54, 1.807) is 0 Å². The molecule has 1 rings (SSSR count). The zero-order valence-electron chi connectivity index (χ0n) is 9.19. The molecule has 0 aromatic heterocycles. The first-order chi connectivity index (χ1) is 7.11. The van der Waals surface area contributed by atoms with E-state index in [0.717, 1.165) is 25.7 Å². The Morgan fingerprint density at radius 3 is 1.40 bits per heavy atom. The van der Waals surface area contributed by atoms with Crippen molar-refractivity contribution in [3.8, 4) is 0 Å². The van der Waals surface area contributed by atoms with Crippen LogP contribution in [0.4, 0.5) is 0 Å². The maximum absolute atomic E-state index is 11.0. The van der Waals surface area contributed by atoms with Gasteiger partial charge in [0.2, 0.25) is 0 Å². The number of nitrogens with zero attached hydrogens (tertiary/aromatic N) is 1. The van der Waals surface area contributed by atoms with E-state index < -0.39 is 10.3 Å². The third-order valence-corrected chi connectivity index (χ3v) is 3.91. The first kappa shape index (κ1) is 12.9. The van der Waals surface area contributed by atoms with Gasteiger partial charge < -0.3 is 0 Å². The van der Waals surface area contributed by atoms with Gasteiger partial charge in [-0.15, -0.1) is 0 Å². The fraction of sp³-hybridized carbons (Fsp3) is 1.00. The van der Waals surface area contributed by atoms with Gasteiger partial charge in [0.25, 0.3) is 0 Å². The minimum Gasteiger partial charge on any atom is -0.273 e. The van der Waals surface area contributed by atoms with E-state index in [2.05, 4.69) is 0 Å². The lowest BCUT2D eigenvalue weighted by Crippen LogP contribution is -2.32. The molecule has 1 saturated heterocycles. The van der Waals surface area contributed by atoms with Gasteiger partial charge in [0.15, 0.2) is 0 Å². The van der Waals surface area contributed by atoms with Crippen LogP contribution in [-0.4, -0.2) is 30.4 Å². The van der Waals surface area contributed by atoms with Crippen LogP contribution in [0.25, 0.3) is 0 Å². The van der Waals surface area contributed by atoms with E-state index in [9.17, 15) is 8.42 Å². The van der Waals surface area contributed by atoms with Crippen LogP contribution < -0.4 is 0 Å². The summed E-state index contributed by atoms with van der Waals surface area (Å²) in [7, 11) is -3.97. The van der Waals surface area contributed by atoms with Gasteiger partial charge in [0.1, 0.15) is 0 Å². The lowest BCUT2D eigenvalue weighted by atomic mass is 10.1. The molecule has 0 saturated carbocycles. The molecule has 0 spiro atoms. The maximum Gasteiger partial charge on any atom is 0.335 e. The number of hydrogen-bond donors (Lipinski definition) is 1. The Balaban J connectivity index is 2.46. The Morgan fingerprint density at radius 2 is 1.07 bits per heavy atom. The third kappa shape index (κ3) is 5.49. The quantitative estimate of drug-likeness (QED) is 0.709. The van der Waals surface area contributed by atoms with Crippen LogP contribution in [-0.2, 0) is 10.3 Å². The second-order valence-corrected chi connectivity index (χ2v) is 5.62. The monoisotopic (exact) mass is 235 g/mol. The van der Waals surface area contributed by atoms with Crippen molar-refractivity contribution in [1.29, 1.82) is 0 Å². The van der Waals surface area contributed by atoms with Crippen molar-refractivity contribution in [3.63, 3.8) is 0 Å². The summed E-state index contributed by atoms with van der Waals surface area (Å²) in [6.45, 7) is 0.942. The van der Waals surface area contributed by atoms with Gasteiger partial charge >= 0.3 is 10.3 Å². The summed E-state index contributed by atoms with van der Waals surface area (Å²) < 4.78 is 32.2. The highest BCUT2D eigenvalue weighted by molar-refractivity contribution is 7.83. The van der Waals surface area contributed by atoms with E-state index >= 15 is 0 Å². The molecule has 0 bridgehead atoms. The molecule has 90 valence electrons. The third-order valence-electron chi connectivity index (χ3n) is 2.89. The molecule has 1 N–H and O–H groups in total. The Bertz CT molecular complexity index is 252. The summed E-state index contributed by atoms with van der Waals surface area (Å²) in [4.78, 5) is 0. The average molecular weight is 235 g/mol. The van der Waals surface area contributed by atoms with Gasteiger partial charge in [-0.2, -0.15) is 12.7 Å². The Kier molecular flexibility index (Phi) is 5.56. The zero-order valence-corrected chi connectivity index (χ0v) is 10.0. The first-order valence-electron chi connectivity index (χ1n) is 5.83. The molecular formula is C10H21NO3S. The summed E-state index contributed by atoms with van der Waals surface area (Å²) >= 11 is 0. The van der Waals surface area contributed by atoms with Gasteiger partial charge in [-0.25, -0.2) is 0 Å². The Labute approximate surface area is 92.5 Å². The van der Waals surface area contributed by atoms with E-state index in [1.165, 1.54) is 30.0 Å².